The number of hydrogen-bond acceptors (Lipinski definition) is 12. The third-order valence-electron chi connectivity index (χ3n) is 13.7. The number of aliphatic hydroxyl groups excluding tert-OH is 2. The Hall–Kier alpha value is -1.29. The SMILES string of the molecule is C=C1C[C@@H]2CC[C@@]34C[C@H]5O[C@@H]6[C@H](O3)[C@H]3O[C@H](CC[C@@H]3O[C@@H]6[C@@H]5O4)CC(=O)C[C@H]3[C@@H](OC)[C@@H]([C@@H](O)CO)O[C@H]3C[C@H]3O[C@@H](CC[C@@H]1O2)C[C@@H](C)C3=C. The molecule has 2 N–H and O–H groups in total. The second-order valence-electron chi connectivity index (χ2n) is 17.0. The minimum absolute atomic E-state index is 0.0118. The number of carbonyl (C=O) groups excluding carboxylic acids is 1. The molecule has 284 valence electrons. The van der Waals surface area contributed by atoms with E-state index in [2.05, 4.69) is 20.1 Å². The van der Waals surface area contributed by atoms with E-state index in [-0.39, 0.29) is 104 Å². The molecule has 0 radical (unpaired) electrons. The minimum atomic E-state index is -1.14. The van der Waals surface area contributed by atoms with Crippen molar-refractivity contribution in [3.8, 4) is 0 Å². The lowest BCUT2D eigenvalue weighted by Gasteiger charge is -2.47. The Morgan fingerprint density at radius 3 is 2.35 bits per heavy atom. The molecule has 10 saturated heterocycles. The number of carbonyl (C=O) groups is 1. The molecule has 0 aromatic rings. The van der Waals surface area contributed by atoms with Gasteiger partial charge in [0.25, 0.3) is 0 Å². The van der Waals surface area contributed by atoms with Crippen LogP contribution in [0.4, 0.5) is 0 Å². The molecular weight excluding hydrogens is 660 g/mol. The molecule has 0 unspecified atom stereocenters. The number of Topliss-reactive ketones (excluding diaryl/α,β-unsaturated/α-hetero) is 1. The van der Waals surface area contributed by atoms with Gasteiger partial charge < -0.3 is 52.8 Å². The average Bonchev–Trinajstić information content (AvgIpc) is 3.79. The van der Waals surface area contributed by atoms with Gasteiger partial charge in [-0.05, 0) is 62.0 Å². The maximum atomic E-state index is 14.0. The summed E-state index contributed by atoms with van der Waals surface area (Å²) < 4.78 is 59.4. The van der Waals surface area contributed by atoms with E-state index in [1.54, 1.807) is 7.11 Å². The van der Waals surface area contributed by atoms with Crippen molar-refractivity contribution in [2.45, 2.75) is 187 Å². The highest BCUT2D eigenvalue weighted by Gasteiger charge is 2.68. The third-order valence-corrected chi connectivity index (χ3v) is 13.7. The molecule has 19 atom stereocenters. The van der Waals surface area contributed by atoms with Crippen molar-refractivity contribution in [3.05, 3.63) is 24.3 Å². The first-order chi connectivity index (χ1) is 24.6. The summed E-state index contributed by atoms with van der Waals surface area (Å²) in [4.78, 5) is 14.0. The van der Waals surface area contributed by atoms with Crippen LogP contribution < -0.4 is 0 Å². The Labute approximate surface area is 300 Å². The molecular formula is C39H56O12. The number of methoxy groups -OCH3 is 1. The summed E-state index contributed by atoms with van der Waals surface area (Å²) in [6.45, 7) is 10.6. The minimum Gasteiger partial charge on any atom is -0.394 e. The van der Waals surface area contributed by atoms with Gasteiger partial charge in [-0.1, -0.05) is 20.1 Å². The highest BCUT2D eigenvalue weighted by molar-refractivity contribution is 5.79. The maximum absolute atomic E-state index is 14.0. The van der Waals surface area contributed by atoms with Crippen molar-refractivity contribution >= 4 is 5.78 Å². The van der Waals surface area contributed by atoms with Gasteiger partial charge in [-0.15, -0.1) is 0 Å². The largest absolute Gasteiger partial charge is 0.394 e. The molecule has 12 bridgehead atoms. The van der Waals surface area contributed by atoms with Gasteiger partial charge in [-0.25, -0.2) is 0 Å². The first-order valence-corrected chi connectivity index (χ1v) is 19.6. The zero-order valence-corrected chi connectivity index (χ0v) is 30.0. The Kier molecular flexibility index (Phi) is 9.57. The standard InChI is InChI=1S/C39H56O12/c1-18-11-22-5-7-27-19(2)12-24(44-27)9-10-39-16-31-35(50-39)36-37(49-31)38(51-39)34-28(47-36)8-6-23(46-34)13-21(41)14-25-30(15-29(45-22)20(18)3)48-33(26(42)17-40)32(25)43-4/h18,22-38,40,42H,2-3,5-17H2,1,4H3/t18-,22+,23-,24+,25-,26+,27+,28+,29-,30+,31-,32-,33-,34+,35-,36-,37+,38-,39+/m1/s1. The van der Waals surface area contributed by atoms with E-state index in [4.69, 9.17) is 42.6 Å². The van der Waals surface area contributed by atoms with Crippen LogP contribution in [0, 0.1) is 11.8 Å². The second-order valence-corrected chi connectivity index (χ2v) is 17.0. The zero-order valence-electron chi connectivity index (χ0n) is 30.0. The fourth-order valence-electron chi connectivity index (χ4n) is 11.1. The first kappa shape index (κ1) is 35.4. The predicted molar refractivity (Wildman–Crippen MR) is 180 cm³/mol. The molecule has 10 heterocycles. The summed E-state index contributed by atoms with van der Waals surface area (Å²) in [6.07, 6.45) is 2.75. The summed E-state index contributed by atoms with van der Waals surface area (Å²) in [5.74, 6) is -0.850. The molecule has 51 heavy (non-hydrogen) atoms. The molecule has 0 aliphatic carbocycles. The maximum Gasteiger partial charge on any atom is 0.172 e. The normalized spacial score (nSPS) is 53.2. The van der Waals surface area contributed by atoms with Gasteiger partial charge in [0.2, 0.25) is 0 Å². The van der Waals surface area contributed by atoms with Crippen LogP contribution in [-0.4, -0.2) is 133 Å². The first-order valence-electron chi connectivity index (χ1n) is 19.6. The average molecular weight is 717 g/mol. The van der Waals surface area contributed by atoms with E-state index < -0.39 is 36.8 Å². The Morgan fingerprint density at radius 1 is 0.784 bits per heavy atom. The number of aliphatic hydroxyl groups is 2. The fourth-order valence-corrected chi connectivity index (χ4v) is 11.1. The van der Waals surface area contributed by atoms with E-state index >= 15 is 0 Å². The fraction of sp³-hybridized carbons (Fsp3) is 0.872. The summed E-state index contributed by atoms with van der Waals surface area (Å²) in [7, 11) is 1.57. The van der Waals surface area contributed by atoms with Gasteiger partial charge in [-0.3, -0.25) is 4.79 Å². The lowest BCUT2D eigenvalue weighted by molar-refractivity contribution is -0.292. The van der Waals surface area contributed by atoms with Crippen LogP contribution in [-0.2, 0) is 47.4 Å². The van der Waals surface area contributed by atoms with Gasteiger partial charge in [0.1, 0.15) is 48.5 Å². The van der Waals surface area contributed by atoms with Crippen LogP contribution in [0.3, 0.4) is 0 Å². The van der Waals surface area contributed by atoms with Crippen molar-refractivity contribution in [2.24, 2.45) is 11.8 Å². The van der Waals surface area contributed by atoms with Crippen molar-refractivity contribution in [3.63, 3.8) is 0 Å². The number of ether oxygens (including phenoxy) is 9. The Bertz CT molecular complexity index is 1360. The van der Waals surface area contributed by atoms with E-state index in [1.165, 1.54) is 0 Å². The van der Waals surface area contributed by atoms with Gasteiger partial charge >= 0.3 is 0 Å². The number of rotatable bonds is 3. The number of hydrogen-bond donors (Lipinski definition) is 2. The van der Waals surface area contributed by atoms with Crippen molar-refractivity contribution in [1.82, 2.24) is 0 Å². The van der Waals surface area contributed by atoms with Crippen LogP contribution >= 0.6 is 0 Å². The van der Waals surface area contributed by atoms with Crippen LogP contribution in [0.25, 0.3) is 0 Å². The van der Waals surface area contributed by atoms with Crippen LogP contribution in [0.1, 0.15) is 84.0 Å². The predicted octanol–water partition coefficient (Wildman–Crippen LogP) is 3.08. The van der Waals surface area contributed by atoms with Gasteiger partial charge in [0.05, 0.1) is 61.5 Å². The van der Waals surface area contributed by atoms with Crippen molar-refractivity contribution < 1.29 is 57.6 Å². The second kappa shape index (κ2) is 13.8. The van der Waals surface area contributed by atoms with Crippen molar-refractivity contribution in [2.75, 3.05) is 13.7 Å². The van der Waals surface area contributed by atoms with Crippen LogP contribution in [0.15, 0.2) is 24.3 Å². The van der Waals surface area contributed by atoms with E-state index in [1.807, 2.05) is 0 Å². The van der Waals surface area contributed by atoms with Gasteiger partial charge in [0, 0.05) is 45.1 Å². The molecule has 10 fully saturated rings. The summed E-state index contributed by atoms with van der Waals surface area (Å²) >= 11 is 0. The molecule has 0 amide bonds. The summed E-state index contributed by atoms with van der Waals surface area (Å²) in [6, 6.07) is 0. The number of ketones is 1. The lowest BCUT2D eigenvalue weighted by Crippen LogP contribution is -2.61. The molecule has 10 rings (SSSR count). The van der Waals surface area contributed by atoms with E-state index in [0.717, 1.165) is 49.7 Å². The topological polar surface area (TPSA) is 141 Å². The van der Waals surface area contributed by atoms with E-state index in [0.29, 0.717) is 25.7 Å². The highest BCUT2D eigenvalue weighted by Crippen LogP contribution is 2.54. The molecule has 10 aliphatic rings. The highest BCUT2D eigenvalue weighted by atomic mass is 16.8. The molecule has 0 aromatic heterocycles. The quantitative estimate of drug-likeness (QED) is 0.415. The molecule has 12 heteroatoms. The molecule has 10 aliphatic heterocycles. The summed E-state index contributed by atoms with van der Waals surface area (Å²) in [5, 5.41) is 20.7. The smallest absolute Gasteiger partial charge is 0.172 e. The Balaban J connectivity index is 1.000. The van der Waals surface area contributed by atoms with Gasteiger partial charge in [-0.2, -0.15) is 0 Å². The third kappa shape index (κ3) is 6.32. The van der Waals surface area contributed by atoms with E-state index in [9.17, 15) is 15.0 Å². The molecule has 12 nitrogen and oxygen atoms in total. The van der Waals surface area contributed by atoms with Crippen LogP contribution in [0.2, 0.25) is 0 Å². The molecule has 0 saturated carbocycles. The van der Waals surface area contributed by atoms with Crippen molar-refractivity contribution in [1.29, 1.82) is 0 Å². The van der Waals surface area contributed by atoms with Gasteiger partial charge in [0.15, 0.2) is 5.79 Å². The summed E-state index contributed by atoms with van der Waals surface area (Å²) in [5.41, 5.74) is 2.14. The monoisotopic (exact) mass is 716 g/mol. The lowest BCUT2D eigenvalue weighted by atomic mass is 9.81. The number of fused-ring (bicyclic) bond motifs is 6. The van der Waals surface area contributed by atoms with Crippen LogP contribution in [0.5, 0.6) is 0 Å². The molecule has 1 spiro atoms. The Morgan fingerprint density at radius 2 is 1.53 bits per heavy atom. The molecule has 0 aromatic carbocycles. The zero-order chi connectivity index (χ0) is 35.2.